The lowest BCUT2D eigenvalue weighted by atomic mass is 9.96. The van der Waals surface area contributed by atoms with Crippen LogP contribution in [0.15, 0.2) is 0 Å². The molecule has 0 aliphatic carbocycles. The number of esters is 1. The standard InChI is InChI=1S/C10H15F6NO3/c1-5(4-8(2,17)7(18)19-3)20-6(9(11,12)13)10(14,15)16/h5-6H,4,17H2,1-3H3. The third kappa shape index (κ3) is 5.53. The molecule has 0 saturated carbocycles. The largest absolute Gasteiger partial charge is 0.468 e. The van der Waals surface area contributed by atoms with Crippen LogP contribution >= 0.6 is 0 Å². The fourth-order valence-corrected chi connectivity index (χ4v) is 1.53. The number of alkyl halides is 6. The van der Waals surface area contributed by atoms with Crippen LogP contribution in [0.2, 0.25) is 0 Å². The van der Waals surface area contributed by atoms with Gasteiger partial charge in [-0.25, -0.2) is 0 Å². The van der Waals surface area contributed by atoms with E-state index in [2.05, 4.69) is 9.47 Å². The smallest absolute Gasteiger partial charge is 0.423 e. The maximum Gasteiger partial charge on any atom is 0.423 e. The second-order valence-corrected chi connectivity index (χ2v) is 4.52. The lowest BCUT2D eigenvalue weighted by molar-refractivity contribution is -0.330. The Labute approximate surface area is 111 Å². The van der Waals surface area contributed by atoms with Crippen molar-refractivity contribution in [1.82, 2.24) is 0 Å². The zero-order chi connectivity index (χ0) is 16.4. The minimum Gasteiger partial charge on any atom is -0.468 e. The van der Waals surface area contributed by atoms with E-state index in [9.17, 15) is 31.1 Å². The van der Waals surface area contributed by atoms with E-state index >= 15 is 0 Å². The molecule has 4 nitrogen and oxygen atoms in total. The molecule has 0 spiro atoms. The van der Waals surface area contributed by atoms with E-state index in [0.29, 0.717) is 0 Å². The first-order chi connectivity index (χ1) is 8.71. The quantitative estimate of drug-likeness (QED) is 0.624. The topological polar surface area (TPSA) is 61.5 Å². The molecule has 0 aromatic rings. The Hall–Kier alpha value is -1.03. The molecule has 20 heavy (non-hydrogen) atoms. The van der Waals surface area contributed by atoms with Crippen LogP contribution in [-0.2, 0) is 14.3 Å². The van der Waals surface area contributed by atoms with Crippen LogP contribution in [0.25, 0.3) is 0 Å². The summed E-state index contributed by atoms with van der Waals surface area (Å²) >= 11 is 0. The first-order valence-corrected chi connectivity index (χ1v) is 5.38. The summed E-state index contributed by atoms with van der Waals surface area (Å²) in [5.74, 6) is -0.969. The normalized spacial score (nSPS) is 17.8. The SMILES string of the molecule is COC(=O)C(C)(N)CC(C)OC(C(F)(F)F)C(F)(F)F. The van der Waals surface area contributed by atoms with Crippen LogP contribution in [0.5, 0.6) is 0 Å². The fourth-order valence-electron chi connectivity index (χ4n) is 1.53. The van der Waals surface area contributed by atoms with Gasteiger partial charge in [-0.3, -0.25) is 4.79 Å². The molecule has 0 aromatic heterocycles. The number of halogens is 6. The monoisotopic (exact) mass is 311 g/mol. The molecule has 0 fully saturated rings. The van der Waals surface area contributed by atoms with Crippen molar-refractivity contribution < 1.29 is 40.6 Å². The van der Waals surface area contributed by atoms with Crippen LogP contribution in [0, 0.1) is 0 Å². The van der Waals surface area contributed by atoms with E-state index in [-0.39, 0.29) is 0 Å². The Morgan fingerprint density at radius 1 is 1.15 bits per heavy atom. The van der Waals surface area contributed by atoms with Crippen molar-refractivity contribution in [2.24, 2.45) is 5.73 Å². The lowest BCUT2D eigenvalue weighted by Gasteiger charge is -2.30. The average molecular weight is 311 g/mol. The van der Waals surface area contributed by atoms with Crippen LogP contribution in [0.1, 0.15) is 20.3 Å². The molecule has 0 aromatic carbocycles. The Morgan fingerprint density at radius 3 is 1.85 bits per heavy atom. The molecule has 2 atom stereocenters. The molecule has 120 valence electrons. The molecular weight excluding hydrogens is 296 g/mol. The van der Waals surface area contributed by atoms with Gasteiger partial charge < -0.3 is 15.2 Å². The second-order valence-electron chi connectivity index (χ2n) is 4.52. The van der Waals surface area contributed by atoms with E-state index in [0.717, 1.165) is 21.0 Å². The Morgan fingerprint density at radius 2 is 1.55 bits per heavy atom. The molecule has 0 heterocycles. The van der Waals surface area contributed by atoms with Crippen molar-refractivity contribution in [3.63, 3.8) is 0 Å². The summed E-state index contributed by atoms with van der Waals surface area (Å²) < 4.78 is 81.9. The molecule has 0 aliphatic heterocycles. The summed E-state index contributed by atoms with van der Waals surface area (Å²) in [6.07, 6.45) is -17.3. The van der Waals surface area contributed by atoms with Crippen molar-refractivity contribution in [2.45, 2.75) is 50.4 Å². The summed E-state index contributed by atoms with van der Waals surface area (Å²) in [4.78, 5) is 11.2. The summed E-state index contributed by atoms with van der Waals surface area (Å²) in [6, 6.07) is 0. The fraction of sp³-hybridized carbons (Fsp3) is 0.900. The molecule has 2 N–H and O–H groups in total. The maximum absolute atomic E-state index is 12.3. The van der Waals surface area contributed by atoms with Gasteiger partial charge >= 0.3 is 18.3 Å². The van der Waals surface area contributed by atoms with Gasteiger partial charge in [-0.2, -0.15) is 26.3 Å². The number of rotatable bonds is 5. The predicted octanol–water partition coefficient (Wildman–Crippen LogP) is 2.17. The average Bonchev–Trinajstić information content (AvgIpc) is 2.20. The predicted molar refractivity (Wildman–Crippen MR) is 55.7 cm³/mol. The minimum absolute atomic E-state index is 0.567. The van der Waals surface area contributed by atoms with Gasteiger partial charge in [-0.15, -0.1) is 0 Å². The van der Waals surface area contributed by atoms with Crippen LogP contribution < -0.4 is 5.73 Å². The van der Waals surface area contributed by atoms with Crippen molar-refractivity contribution in [2.75, 3.05) is 7.11 Å². The van der Waals surface area contributed by atoms with E-state index in [1.54, 1.807) is 0 Å². The summed E-state index contributed by atoms with van der Waals surface area (Å²) in [6.45, 7) is 2.08. The Bertz CT molecular complexity index is 325. The number of hydrogen-bond donors (Lipinski definition) is 1. The van der Waals surface area contributed by atoms with E-state index < -0.39 is 42.5 Å². The van der Waals surface area contributed by atoms with Crippen molar-refractivity contribution in [3.8, 4) is 0 Å². The highest BCUT2D eigenvalue weighted by Gasteiger charge is 2.58. The molecule has 0 aliphatic rings. The number of ether oxygens (including phenoxy) is 2. The minimum atomic E-state index is -5.61. The first kappa shape index (κ1) is 19.0. The summed E-state index contributed by atoms with van der Waals surface area (Å²) in [5, 5.41) is 0. The van der Waals surface area contributed by atoms with Crippen molar-refractivity contribution in [3.05, 3.63) is 0 Å². The number of carbonyl (C=O) groups is 1. The second kappa shape index (κ2) is 6.17. The van der Waals surface area contributed by atoms with Gasteiger partial charge in [0.05, 0.1) is 13.2 Å². The maximum atomic E-state index is 12.3. The Balaban J connectivity index is 4.88. The van der Waals surface area contributed by atoms with Crippen LogP contribution in [0.4, 0.5) is 26.3 Å². The van der Waals surface area contributed by atoms with Crippen LogP contribution in [-0.4, -0.2) is 43.2 Å². The van der Waals surface area contributed by atoms with Gasteiger partial charge in [-0.05, 0) is 13.8 Å². The van der Waals surface area contributed by atoms with E-state index in [4.69, 9.17) is 5.73 Å². The summed E-state index contributed by atoms with van der Waals surface area (Å²) in [7, 11) is 0.993. The van der Waals surface area contributed by atoms with E-state index in [1.165, 1.54) is 0 Å². The number of methoxy groups -OCH3 is 1. The van der Waals surface area contributed by atoms with Crippen molar-refractivity contribution >= 4 is 5.97 Å². The van der Waals surface area contributed by atoms with Gasteiger partial charge in [0, 0.05) is 6.42 Å². The van der Waals surface area contributed by atoms with Gasteiger partial charge in [0.2, 0.25) is 6.10 Å². The third-order valence-corrected chi connectivity index (χ3v) is 2.33. The van der Waals surface area contributed by atoms with Crippen LogP contribution in [0.3, 0.4) is 0 Å². The zero-order valence-corrected chi connectivity index (χ0v) is 10.9. The van der Waals surface area contributed by atoms with Gasteiger partial charge in [-0.1, -0.05) is 0 Å². The third-order valence-electron chi connectivity index (χ3n) is 2.33. The lowest BCUT2D eigenvalue weighted by Crippen LogP contribution is -2.51. The molecule has 0 bridgehead atoms. The molecule has 0 amide bonds. The highest BCUT2D eigenvalue weighted by Crippen LogP contribution is 2.37. The zero-order valence-electron chi connectivity index (χ0n) is 10.9. The van der Waals surface area contributed by atoms with Gasteiger partial charge in [0.1, 0.15) is 5.54 Å². The molecule has 0 rings (SSSR count). The van der Waals surface area contributed by atoms with E-state index in [1.807, 2.05) is 0 Å². The van der Waals surface area contributed by atoms with Gasteiger partial charge in [0.25, 0.3) is 0 Å². The molecule has 0 radical (unpaired) electrons. The molecule has 2 unspecified atom stereocenters. The number of hydrogen-bond acceptors (Lipinski definition) is 4. The molecule has 0 saturated heterocycles. The molecular formula is C10H15F6NO3. The number of carbonyl (C=O) groups excluding carboxylic acids is 1. The molecule has 10 heteroatoms. The highest BCUT2D eigenvalue weighted by atomic mass is 19.4. The highest BCUT2D eigenvalue weighted by molar-refractivity contribution is 5.79. The Kier molecular flexibility index (Phi) is 5.85. The first-order valence-electron chi connectivity index (χ1n) is 5.38. The summed E-state index contributed by atoms with van der Waals surface area (Å²) in [5.41, 5.74) is 3.69. The number of nitrogens with two attached hydrogens (primary N) is 1. The van der Waals surface area contributed by atoms with Crippen molar-refractivity contribution in [1.29, 1.82) is 0 Å². The van der Waals surface area contributed by atoms with Gasteiger partial charge in [0.15, 0.2) is 0 Å².